The Morgan fingerprint density at radius 2 is 1.88 bits per heavy atom. The topological polar surface area (TPSA) is 137 Å². The molecule has 0 fully saturated rings. The lowest BCUT2D eigenvalue weighted by atomic mass is 10.0. The van der Waals surface area contributed by atoms with Gasteiger partial charge in [-0.2, -0.15) is 0 Å². The first-order valence-electron chi connectivity index (χ1n) is 10.5. The van der Waals surface area contributed by atoms with E-state index in [-0.39, 0.29) is 10.7 Å². The lowest BCUT2D eigenvalue weighted by Crippen LogP contribution is -2.37. The fourth-order valence-corrected chi connectivity index (χ4v) is 4.49. The number of benzene rings is 3. The normalized spacial score (nSPS) is 12.3. The fraction of sp³-hybridized carbons (Fsp3) is 0.167. The van der Waals surface area contributed by atoms with Crippen molar-refractivity contribution < 1.29 is 22.5 Å². The maximum Gasteiger partial charge on any atom is 0.264 e. The molecule has 0 radical (unpaired) electrons. The lowest BCUT2D eigenvalue weighted by molar-refractivity contribution is -0.120. The van der Waals surface area contributed by atoms with Gasteiger partial charge in [0.1, 0.15) is 11.8 Å². The van der Waals surface area contributed by atoms with E-state index in [1.165, 1.54) is 12.1 Å². The Labute approximate surface area is 196 Å². The summed E-state index contributed by atoms with van der Waals surface area (Å²) in [4.78, 5) is 13.3. The van der Waals surface area contributed by atoms with Gasteiger partial charge < -0.3 is 20.3 Å². The number of sulfonamides is 1. The molecule has 1 heterocycles. The average Bonchev–Trinajstić information content (AvgIpc) is 3.19. The Bertz CT molecular complexity index is 1430. The summed E-state index contributed by atoms with van der Waals surface area (Å²) < 4.78 is 38.7. The molecule has 0 aliphatic carbocycles. The number of rotatable bonds is 8. The first kappa shape index (κ1) is 23.1. The highest BCUT2D eigenvalue weighted by Crippen LogP contribution is 2.29. The van der Waals surface area contributed by atoms with E-state index in [4.69, 9.17) is 15.0 Å². The van der Waals surface area contributed by atoms with Crippen LogP contribution >= 0.6 is 0 Å². The van der Waals surface area contributed by atoms with Crippen LogP contribution in [-0.2, 0) is 14.8 Å². The Morgan fingerprint density at radius 3 is 2.62 bits per heavy atom. The zero-order valence-electron chi connectivity index (χ0n) is 18.6. The molecule has 4 aromatic rings. The van der Waals surface area contributed by atoms with Crippen LogP contribution in [0.3, 0.4) is 0 Å². The second-order valence-electron chi connectivity index (χ2n) is 7.60. The van der Waals surface area contributed by atoms with Crippen molar-refractivity contribution in [1.29, 1.82) is 0 Å². The predicted molar refractivity (Wildman–Crippen MR) is 129 cm³/mol. The minimum atomic E-state index is -4.08. The van der Waals surface area contributed by atoms with E-state index < -0.39 is 22.0 Å². The number of amides is 1. The van der Waals surface area contributed by atoms with Crippen LogP contribution in [0, 0.1) is 6.92 Å². The van der Waals surface area contributed by atoms with Crippen LogP contribution in [0.1, 0.15) is 24.1 Å². The summed E-state index contributed by atoms with van der Waals surface area (Å²) in [6.07, 6.45) is 0. The van der Waals surface area contributed by atoms with Gasteiger partial charge in [-0.05, 0) is 55.3 Å². The number of carbonyl (C=O) groups is 1. The highest BCUT2D eigenvalue weighted by Gasteiger charge is 2.27. The van der Waals surface area contributed by atoms with Crippen LogP contribution in [0.15, 0.2) is 76.1 Å². The number of nitrogens with two attached hydrogens (primary N) is 1. The highest BCUT2D eigenvalue weighted by molar-refractivity contribution is 7.90. The molecule has 1 unspecified atom stereocenters. The van der Waals surface area contributed by atoms with Gasteiger partial charge in [0.05, 0.1) is 16.9 Å². The monoisotopic (exact) mass is 480 g/mol. The summed E-state index contributed by atoms with van der Waals surface area (Å²) in [5.41, 5.74) is 8.13. The second-order valence-corrected chi connectivity index (χ2v) is 9.28. The zero-order valence-corrected chi connectivity index (χ0v) is 19.4. The number of hydrogen-bond donors (Lipinski definition) is 3. The van der Waals surface area contributed by atoms with Crippen molar-refractivity contribution >= 4 is 38.4 Å². The maximum atomic E-state index is 13.3. The van der Waals surface area contributed by atoms with Gasteiger partial charge in [0, 0.05) is 11.8 Å². The number of nitrogens with zero attached hydrogens (tertiary/aromatic N) is 1. The van der Waals surface area contributed by atoms with Crippen molar-refractivity contribution in [1.82, 2.24) is 9.88 Å². The van der Waals surface area contributed by atoms with Crippen LogP contribution in [0.25, 0.3) is 11.0 Å². The molecule has 10 heteroatoms. The van der Waals surface area contributed by atoms with E-state index in [9.17, 15) is 13.2 Å². The third-order valence-electron chi connectivity index (χ3n) is 5.21. The first-order valence-corrected chi connectivity index (χ1v) is 12.0. The molecule has 34 heavy (non-hydrogen) atoms. The molecule has 1 aromatic heterocycles. The summed E-state index contributed by atoms with van der Waals surface area (Å²) in [5.74, 6) is 0.0981. The van der Waals surface area contributed by atoms with Gasteiger partial charge in [-0.15, -0.1) is 0 Å². The lowest BCUT2D eigenvalue weighted by Gasteiger charge is -2.21. The predicted octanol–water partition coefficient (Wildman–Crippen LogP) is 3.78. The molecule has 4 N–H and O–H groups in total. The van der Waals surface area contributed by atoms with Crippen LogP contribution < -0.4 is 20.5 Å². The molecule has 0 aliphatic rings. The third kappa shape index (κ3) is 4.81. The number of aromatic nitrogens is 1. The van der Waals surface area contributed by atoms with Gasteiger partial charge in [0.15, 0.2) is 11.4 Å². The molecule has 1 atom stereocenters. The minimum absolute atomic E-state index is 0.0143. The smallest absolute Gasteiger partial charge is 0.264 e. The van der Waals surface area contributed by atoms with E-state index in [0.717, 1.165) is 5.56 Å². The molecule has 9 nitrogen and oxygen atoms in total. The van der Waals surface area contributed by atoms with Gasteiger partial charge in [-0.3, -0.25) is 4.79 Å². The molecule has 1 amide bonds. The molecule has 0 bridgehead atoms. The number of nitrogens with one attached hydrogen (secondary N) is 2. The quantitative estimate of drug-likeness (QED) is 0.347. The number of anilines is 2. The van der Waals surface area contributed by atoms with E-state index in [2.05, 4.69) is 15.2 Å². The SMILES string of the molecule is CCOc1cc(C(Nc2ccc3c(N)noc3c2)C(=O)NS(=O)(=O)c2ccccc2)ccc1C. The van der Waals surface area contributed by atoms with Crippen molar-refractivity contribution in [3.63, 3.8) is 0 Å². The van der Waals surface area contributed by atoms with Crippen molar-refractivity contribution in [2.24, 2.45) is 0 Å². The largest absolute Gasteiger partial charge is 0.494 e. The molecule has 0 aliphatic heterocycles. The van der Waals surface area contributed by atoms with Crippen molar-refractivity contribution in [3.05, 3.63) is 77.9 Å². The van der Waals surface area contributed by atoms with Gasteiger partial charge in [0.2, 0.25) is 0 Å². The Morgan fingerprint density at radius 1 is 1.12 bits per heavy atom. The number of nitrogen functional groups attached to an aromatic ring is 1. The van der Waals surface area contributed by atoms with E-state index in [0.29, 0.717) is 34.6 Å². The van der Waals surface area contributed by atoms with Crippen molar-refractivity contribution in [2.45, 2.75) is 24.8 Å². The van der Waals surface area contributed by atoms with Gasteiger partial charge in [-0.1, -0.05) is 35.5 Å². The minimum Gasteiger partial charge on any atom is -0.494 e. The van der Waals surface area contributed by atoms with Crippen LogP contribution in [-0.4, -0.2) is 26.1 Å². The van der Waals surface area contributed by atoms with Crippen molar-refractivity contribution in [2.75, 3.05) is 17.7 Å². The first-order chi connectivity index (χ1) is 16.3. The van der Waals surface area contributed by atoms with Crippen LogP contribution in [0.5, 0.6) is 5.75 Å². The van der Waals surface area contributed by atoms with Gasteiger partial charge in [0.25, 0.3) is 15.9 Å². The standard InChI is InChI=1S/C24H24N4O5S/c1-3-32-20-13-16(10-9-15(20)2)22(24(29)28-34(30,31)18-7-5-4-6-8-18)26-17-11-12-19-21(14-17)33-27-23(19)25/h4-14,22,26H,3H2,1-2H3,(H2,25,27)(H,28,29). The Hall–Kier alpha value is -4.05. The average molecular weight is 481 g/mol. The molecule has 176 valence electrons. The van der Waals surface area contributed by atoms with Gasteiger partial charge in [-0.25, -0.2) is 13.1 Å². The zero-order chi connectivity index (χ0) is 24.3. The van der Waals surface area contributed by atoms with E-state index >= 15 is 0 Å². The Kier molecular flexibility index (Phi) is 6.42. The summed E-state index contributed by atoms with van der Waals surface area (Å²) >= 11 is 0. The number of aryl methyl sites for hydroxylation is 1. The second kappa shape index (κ2) is 9.44. The Balaban J connectivity index is 1.71. The number of fused-ring (bicyclic) bond motifs is 1. The van der Waals surface area contributed by atoms with Gasteiger partial charge >= 0.3 is 0 Å². The number of hydrogen-bond acceptors (Lipinski definition) is 8. The maximum absolute atomic E-state index is 13.3. The molecule has 3 aromatic carbocycles. The summed E-state index contributed by atoms with van der Waals surface area (Å²) in [6.45, 7) is 4.19. The molecular weight excluding hydrogens is 456 g/mol. The van der Waals surface area contributed by atoms with E-state index in [1.54, 1.807) is 48.5 Å². The third-order valence-corrected chi connectivity index (χ3v) is 6.57. The highest BCUT2D eigenvalue weighted by atomic mass is 32.2. The molecular formula is C24H24N4O5S. The summed E-state index contributed by atoms with van der Waals surface area (Å²) in [7, 11) is -4.08. The summed E-state index contributed by atoms with van der Waals surface area (Å²) in [5, 5.41) is 7.46. The fourth-order valence-electron chi connectivity index (χ4n) is 3.47. The molecule has 0 saturated carbocycles. The van der Waals surface area contributed by atoms with Crippen LogP contribution in [0.4, 0.5) is 11.5 Å². The molecule has 0 saturated heterocycles. The number of ether oxygens (including phenoxy) is 1. The number of carbonyl (C=O) groups excluding carboxylic acids is 1. The summed E-state index contributed by atoms with van der Waals surface area (Å²) in [6, 6.07) is 17.0. The van der Waals surface area contributed by atoms with Crippen LogP contribution in [0.2, 0.25) is 0 Å². The molecule has 4 rings (SSSR count). The molecule has 0 spiro atoms. The van der Waals surface area contributed by atoms with Crippen molar-refractivity contribution in [3.8, 4) is 5.75 Å². The van der Waals surface area contributed by atoms with E-state index in [1.807, 2.05) is 19.9 Å².